The molecule has 20 heavy (non-hydrogen) atoms. The number of alkyl halides is 3. The number of benzene rings is 1. The van der Waals surface area contributed by atoms with Crippen LogP contribution < -0.4 is 17.0 Å². The first-order valence-corrected chi connectivity index (χ1v) is 6.68. The average molecular weight is 301 g/mol. The molecule has 2 aromatic rings. The highest BCUT2D eigenvalue weighted by molar-refractivity contribution is 7.10. The average Bonchev–Trinajstić information content (AvgIpc) is 2.77. The molecule has 2 rings (SSSR count). The lowest BCUT2D eigenvalue weighted by molar-refractivity contribution is -0.137. The maximum Gasteiger partial charge on any atom is 0.416 e. The van der Waals surface area contributed by atoms with Gasteiger partial charge in [-0.15, -0.1) is 11.3 Å². The number of rotatable bonds is 3. The minimum absolute atomic E-state index is 0.268. The molecule has 0 radical (unpaired) electrons. The fourth-order valence-electron chi connectivity index (χ4n) is 1.98. The summed E-state index contributed by atoms with van der Waals surface area (Å²) in [6.07, 6.45) is -4.41. The topological polar surface area (TPSA) is 64.1 Å². The van der Waals surface area contributed by atoms with Crippen LogP contribution in [-0.4, -0.2) is 0 Å². The van der Waals surface area contributed by atoms with Gasteiger partial charge >= 0.3 is 6.18 Å². The monoisotopic (exact) mass is 301 g/mol. The molecule has 5 N–H and O–H groups in total. The van der Waals surface area contributed by atoms with Crippen molar-refractivity contribution in [1.82, 2.24) is 5.43 Å². The molecular weight excluding hydrogens is 287 g/mol. The van der Waals surface area contributed by atoms with Gasteiger partial charge in [-0.05, 0) is 47.7 Å². The molecule has 0 saturated heterocycles. The Hall–Kier alpha value is -1.57. The largest absolute Gasteiger partial charge is 0.416 e. The molecule has 0 aliphatic heterocycles. The summed E-state index contributed by atoms with van der Waals surface area (Å²) in [5, 5.41) is 1.85. The minimum atomic E-state index is -4.41. The van der Waals surface area contributed by atoms with E-state index in [1.54, 1.807) is 0 Å². The van der Waals surface area contributed by atoms with E-state index in [4.69, 9.17) is 11.6 Å². The summed E-state index contributed by atoms with van der Waals surface area (Å²) in [6, 6.07) is 4.55. The Kier molecular flexibility index (Phi) is 4.03. The van der Waals surface area contributed by atoms with Crippen LogP contribution in [0.3, 0.4) is 0 Å². The van der Waals surface area contributed by atoms with E-state index in [1.807, 2.05) is 18.4 Å². The van der Waals surface area contributed by atoms with E-state index in [2.05, 4.69) is 5.43 Å². The number of hydrazine groups is 1. The van der Waals surface area contributed by atoms with Crippen LogP contribution in [-0.2, 0) is 6.18 Å². The number of hydrogen-bond acceptors (Lipinski definition) is 4. The highest BCUT2D eigenvalue weighted by Crippen LogP contribution is 2.35. The summed E-state index contributed by atoms with van der Waals surface area (Å²) >= 11 is 1.50. The molecule has 0 spiro atoms. The summed E-state index contributed by atoms with van der Waals surface area (Å²) in [5.41, 5.74) is 8.96. The lowest BCUT2D eigenvalue weighted by Gasteiger charge is -2.19. The summed E-state index contributed by atoms with van der Waals surface area (Å²) in [7, 11) is 0. The van der Waals surface area contributed by atoms with Gasteiger partial charge in [0.2, 0.25) is 0 Å². The molecule has 108 valence electrons. The molecule has 0 amide bonds. The smallest absolute Gasteiger partial charge is 0.398 e. The molecule has 0 aliphatic carbocycles. The Bertz CT molecular complexity index is 607. The molecular formula is C13H14F3N3S. The second-order valence-corrected chi connectivity index (χ2v) is 5.55. The lowest BCUT2D eigenvalue weighted by atomic mass is 9.97. The van der Waals surface area contributed by atoms with E-state index in [9.17, 15) is 13.2 Å². The van der Waals surface area contributed by atoms with Gasteiger partial charge in [0.05, 0.1) is 11.6 Å². The van der Waals surface area contributed by atoms with Crippen LogP contribution in [0.1, 0.15) is 27.6 Å². The van der Waals surface area contributed by atoms with E-state index in [-0.39, 0.29) is 5.69 Å². The zero-order valence-electron chi connectivity index (χ0n) is 10.7. The van der Waals surface area contributed by atoms with Crippen molar-refractivity contribution in [3.8, 4) is 0 Å². The van der Waals surface area contributed by atoms with Crippen molar-refractivity contribution in [1.29, 1.82) is 0 Å². The fraction of sp³-hybridized carbons (Fsp3) is 0.231. The third-order valence-electron chi connectivity index (χ3n) is 2.98. The maximum absolute atomic E-state index is 12.8. The first kappa shape index (κ1) is 14.8. The number of halogens is 3. The van der Waals surface area contributed by atoms with Crippen LogP contribution in [0.2, 0.25) is 0 Å². The quantitative estimate of drug-likeness (QED) is 0.463. The summed E-state index contributed by atoms with van der Waals surface area (Å²) < 4.78 is 38.3. The van der Waals surface area contributed by atoms with Gasteiger partial charge < -0.3 is 5.73 Å². The number of nitrogens with two attached hydrogens (primary N) is 2. The van der Waals surface area contributed by atoms with Crippen LogP contribution in [0, 0.1) is 6.92 Å². The standard InChI is InChI=1S/C13H14F3N3S/c1-7-4-8(6-20-7)12(19-18)10-5-9(13(14,15)16)2-3-11(10)17/h2-6,12,19H,17-18H2,1H3. The predicted octanol–water partition coefficient (Wildman–Crippen LogP) is 3.21. The van der Waals surface area contributed by atoms with Gasteiger partial charge in [0.15, 0.2) is 0 Å². The normalized spacial score (nSPS) is 13.4. The second kappa shape index (κ2) is 5.43. The molecule has 0 fully saturated rings. The Morgan fingerprint density at radius 2 is 1.95 bits per heavy atom. The van der Waals surface area contributed by atoms with E-state index in [0.717, 1.165) is 22.6 Å². The third kappa shape index (κ3) is 2.95. The predicted molar refractivity (Wildman–Crippen MR) is 74.1 cm³/mol. The van der Waals surface area contributed by atoms with Gasteiger partial charge in [0.1, 0.15) is 0 Å². The number of anilines is 1. The van der Waals surface area contributed by atoms with Crippen LogP contribution in [0.4, 0.5) is 18.9 Å². The minimum Gasteiger partial charge on any atom is -0.398 e. The number of hydrogen-bond donors (Lipinski definition) is 3. The molecule has 1 atom stereocenters. The second-order valence-electron chi connectivity index (χ2n) is 4.43. The van der Waals surface area contributed by atoms with Crippen LogP contribution >= 0.6 is 11.3 Å². The highest BCUT2D eigenvalue weighted by Gasteiger charge is 2.31. The molecule has 1 aromatic carbocycles. The number of aryl methyl sites for hydroxylation is 1. The molecule has 0 bridgehead atoms. The summed E-state index contributed by atoms with van der Waals surface area (Å²) in [5.74, 6) is 5.49. The van der Waals surface area contributed by atoms with Gasteiger partial charge in [0, 0.05) is 10.6 Å². The van der Waals surface area contributed by atoms with Crippen molar-refractivity contribution < 1.29 is 13.2 Å². The zero-order valence-corrected chi connectivity index (χ0v) is 11.5. The van der Waals surface area contributed by atoms with E-state index in [1.165, 1.54) is 17.4 Å². The number of thiophene rings is 1. The third-order valence-corrected chi connectivity index (χ3v) is 3.86. The van der Waals surface area contributed by atoms with E-state index < -0.39 is 17.8 Å². The van der Waals surface area contributed by atoms with Gasteiger partial charge in [-0.1, -0.05) is 0 Å². The van der Waals surface area contributed by atoms with Gasteiger partial charge in [-0.2, -0.15) is 13.2 Å². The van der Waals surface area contributed by atoms with Crippen molar-refractivity contribution in [2.45, 2.75) is 19.1 Å². The van der Waals surface area contributed by atoms with Crippen LogP contribution in [0.15, 0.2) is 29.6 Å². The molecule has 1 aromatic heterocycles. The Balaban J connectivity index is 2.49. The van der Waals surface area contributed by atoms with Crippen molar-refractivity contribution >= 4 is 17.0 Å². The van der Waals surface area contributed by atoms with Crippen molar-refractivity contribution in [3.63, 3.8) is 0 Å². The fourth-order valence-corrected chi connectivity index (χ4v) is 2.71. The van der Waals surface area contributed by atoms with Gasteiger partial charge in [-0.3, -0.25) is 5.84 Å². The SMILES string of the molecule is Cc1cc(C(NN)c2cc(C(F)(F)F)ccc2N)cs1. The van der Waals surface area contributed by atoms with Crippen LogP contribution in [0.5, 0.6) is 0 Å². The summed E-state index contributed by atoms with van der Waals surface area (Å²) in [6.45, 7) is 1.91. The lowest BCUT2D eigenvalue weighted by Crippen LogP contribution is -2.29. The van der Waals surface area contributed by atoms with Crippen molar-refractivity contribution in [2.75, 3.05) is 5.73 Å². The Morgan fingerprint density at radius 3 is 2.45 bits per heavy atom. The molecule has 7 heteroatoms. The number of nitrogen functional groups attached to an aromatic ring is 1. The van der Waals surface area contributed by atoms with Gasteiger partial charge in [-0.25, -0.2) is 5.43 Å². The van der Waals surface area contributed by atoms with Gasteiger partial charge in [0.25, 0.3) is 0 Å². The van der Waals surface area contributed by atoms with E-state index >= 15 is 0 Å². The Morgan fingerprint density at radius 1 is 1.25 bits per heavy atom. The van der Waals surface area contributed by atoms with E-state index in [0.29, 0.717) is 5.56 Å². The maximum atomic E-state index is 12.8. The first-order chi connectivity index (χ1) is 9.32. The van der Waals surface area contributed by atoms with Crippen LogP contribution in [0.25, 0.3) is 0 Å². The molecule has 1 heterocycles. The Labute approximate surface area is 118 Å². The first-order valence-electron chi connectivity index (χ1n) is 5.80. The highest BCUT2D eigenvalue weighted by atomic mass is 32.1. The molecule has 1 unspecified atom stereocenters. The van der Waals surface area contributed by atoms with Crippen molar-refractivity contribution in [3.05, 3.63) is 51.2 Å². The molecule has 0 saturated carbocycles. The molecule has 3 nitrogen and oxygen atoms in total. The molecule has 0 aliphatic rings. The van der Waals surface area contributed by atoms with Crippen molar-refractivity contribution in [2.24, 2.45) is 5.84 Å². The number of nitrogens with one attached hydrogen (secondary N) is 1. The zero-order chi connectivity index (χ0) is 14.9. The summed E-state index contributed by atoms with van der Waals surface area (Å²) in [4.78, 5) is 1.05.